The number of hydrogen-bond acceptors (Lipinski definition) is 6. The first-order valence-electron chi connectivity index (χ1n) is 11.5. The Morgan fingerprint density at radius 2 is 1.76 bits per heavy atom. The molecule has 0 aromatic carbocycles. The van der Waals surface area contributed by atoms with Gasteiger partial charge in [-0.1, -0.05) is 12.8 Å². The number of hydrogen-bond donors (Lipinski definition) is 1. The maximum Gasteiger partial charge on any atom is 0.224 e. The van der Waals surface area contributed by atoms with Crippen LogP contribution in [0.5, 0.6) is 0 Å². The van der Waals surface area contributed by atoms with E-state index >= 15 is 0 Å². The van der Waals surface area contributed by atoms with Gasteiger partial charge >= 0.3 is 0 Å². The molecule has 0 spiro atoms. The lowest BCUT2D eigenvalue weighted by atomic mass is 9.98. The molecule has 0 aliphatic carbocycles. The van der Waals surface area contributed by atoms with Gasteiger partial charge in [0.05, 0.1) is 0 Å². The number of rotatable bonds is 4. The zero-order valence-electron chi connectivity index (χ0n) is 17.9. The van der Waals surface area contributed by atoms with E-state index in [-0.39, 0.29) is 5.91 Å². The van der Waals surface area contributed by atoms with Gasteiger partial charge in [0.25, 0.3) is 0 Å². The zero-order valence-corrected chi connectivity index (χ0v) is 17.9. The van der Waals surface area contributed by atoms with E-state index in [4.69, 9.17) is 4.98 Å². The monoisotopic (exact) mass is 400 g/mol. The summed E-state index contributed by atoms with van der Waals surface area (Å²) in [7, 11) is 0. The van der Waals surface area contributed by atoms with Crippen molar-refractivity contribution in [3.63, 3.8) is 0 Å². The number of amides is 1. The van der Waals surface area contributed by atoms with Crippen LogP contribution in [0.15, 0.2) is 12.3 Å². The van der Waals surface area contributed by atoms with E-state index < -0.39 is 0 Å². The van der Waals surface area contributed by atoms with Crippen LogP contribution in [0, 0.1) is 0 Å². The first kappa shape index (κ1) is 20.4. The van der Waals surface area contributed by atoms with Crippen molar-refractivity contribution in [2.24, 2.45) is 0 Å². The fraction of sp³-hybridized carbons (Fsp3) is 0.773. The van der Waals surface area contributed by atoms with Gasteiger partial charge in [-0.3, -0.25) is 9.69 Å². The van der Waals surface area contributed by atoms with Crippen molar-refractivity contribution in [1.29, 1.82) is 0 Å². The summed E-state index contributed by atoms with van der Waals surface area (Å²) in [4.78, 5) is 27.9. The van der Waals surface area contributed by atoms with Crippen molar-refractivity contribution in [1.82, 2.24) is 19.8 Å². The number of carbonyl (C=O) groups is 1. The molecular weight excluding hydrogens is 364 g/mol. The van der Waals surface area contributed by atoms with E-state index in [1.165, 1.54) is 38.5 Å². The number of nitrogens with one attached hydrogen (secondary N) is 1. The molecule has 1 N–H and O–H groups in total. The Bertz CT molecular complexity index is 667. The Hall–Kier alpha value is -1.89. The number of anilines is 2. The van der Waals surface area contributed by atoms with E-state index in [1.54, 1.807) is 6.92 Å². The highest BCUT2D eigenvalue weighted by Crippen LogP contribution is 2.23. The van der Waals surface area contributed by atoms with Crippen molar-refractivity contribution < 1.29 is 4.79 Å². The third-order valence-corrected chi connectivity index (χ3v) is 6.78. The second kappa shape index (κ2) is 9.74. The van der Waals surface area contributed by atoms with Gasteiger partial charge in [0.1, 0.15) is 5.82 Å². The van der Waals surface area contributed by atoms with Gasteiger partial charge in [0.15, 0.2) is 0 Å². The fourth-order valence-electron chi connectivity index (χ4n) is 5.08. The second-order valence-electron chi connectivity index (χ2n) is 8.86. The lowest BCUT2D eigenvalue weighted by Gasteiger charge is -2.42. The van der Waals surface area contributed by atoms with Gasteiger partial charge < -0.3 is 15.1 Å². The molecule has 0 radical (unpaired) electrons. The molecule has 0 saturated carbocycles. The summed E-state index contributed by atoms with van der Waals surface area (Å²) in [5.74, 6) is 2.04. The average molecular weight is 401 g/mol. The second-order valence-corrected chi connectivity index (χ2v) is 8.86. The predicted molar refractivity (Wildman–Crippen MR) is 116 cm³/mol. The predicted octanol–water partition coefficient (Wildman–Crippen LogP) is 2.74. The third kappa shape index (κ3) is 5.38. The Balaban J connectivity index is 1.32. The molecule has 3 fully saturated rings. The summed E-state index contributed by atoms with van der Waals surface area (Å²) in [5, 5.41) is 3.62. The van der Waals surface area contributed by atoms with Crippen LogP contribution in [0.3, 0.4) is 0 Å². The summed E-state index contributed by atoms with van der Waals surface area (Å²) in [6.07, 6.45) is 11.6. The Morgan fingerprint density at radius 1 is 1.00 bits per heavy atom. The zero-order chi connectivity index (χ0) is 20.1. The molecule has 0 bridgehead atoms. The molecule has 4 rings (SSSR count). The van der Waals surface area contributed by atoms with Gasteiger partial charge in [-0.15, -0.1) is 0 Å². The quantitative estimate of drug-likeness (QED) is 0.838. The standard InChI is InChI=1S/C22H36N6O/c1-18(29)26-15-9-20(10-16-26)28-14-6-7-19(17-28)24-22-23-11-8-21(25-22)27-12-4-2-3-5-13-27/h8,11,19-20H,2-7,9-10,12-17H2,1H3,(H,23,24,25)/t19-/m0/s1. The normalized spacial score (nSPS) is 24.9. The molecule has 0 unspecified atom stereocenters. The molecule has 160 valence electrons. The molecule has 3 aliphatic rings. The lowest BCUT2D eigenvalue weighted by molar-refractivity contribution is -0.130. The number of nitrogens with zero attached hydrogens (tertiary/aromatic N) is 5. The average Bonchev–Trinajstić information content (AvgIpc) is 3.04. The maximum absolute atomic E-state index is 11.6. The van der Waals surface area contributed by atoms with Gasteiger partial charge in [0, 0.05) is 57.9 Å². The van der Waals surface area contributed by atoms with Crippen LogP contribution < -0.4 is 10.2 Å². The number of likely N-dealkylation sites (tertiary alicyclic amines) is 2. The summed E-state index contributed by atoms with van der Waals surface area (Å²) < 4.78 is 0. The molecule has 1 aromatic heterocycles. The van der Waals surface area contributed by atoms with Crippen LogP contribution in [0.4, 0.5) is 11.8 Å². The van der Waals surface area contributed by atoms with Crippen molar-refractivity contribution in [3.05, 3.63) is 12.3 Å². The van der Waals surface area contributed by atoms with Gasteiger partial charge in [-0.2, -0.15) is 4.98 Å². The van der Waals surface area contributed by atoms with Crippen LogP contribution in [-0.4, -0.2) is 77.0 Å². The topological polar surface area (TPSA) is 64.6 Å². The van der Waals surface area contributed by atoms with Crippen LogP contribution in [0.25, 0.3) is 0 Å². The van der Waals surface area contributed by atoms with Crippen molar-refractivity contribution in [3.8, 4) is 0 Å². The highest BCUT2D eigenvalue weighted by atomic mass is 16.2. The van der Waals surface area contributed by atoms with Crippen molar-refractivity contribution in [2.75, 3.05) is 49.5 Å². The molecule has 7 nitrogen and oxygen atoms in total. The smallest absolute Gasteiger partial charge is 0.224 e. The number of piperidine rings is 2. The van der Waals surface area contributed by atoms with Crippen LogP contribution in [-0.2, 0) is 4.79 Å². The molecule has 3 saturated heterocycles. The molecule has 1 amide bonds. The van der Waals surface area contributed by atoms with E-state index in [0.29, 0.717) is 12.1 Å². The van der Waals surface area contributed by atoms with E-state index in [0.717, 1.165) is 63.9 Å². The first-order chi connectivity index (χ1) is 14.2. The van der Waals surface area contributed by atoms with E-state index in [2.05, 4.69) is 20.1 Å². The highest BCUT2D eigenvalue weighted by molar-refractivity contribution is 5.73. The van der Waals surface area contributed by atoms with E-state index in [9.17, 15) is 4.79 Å². The molecular formula is C22H36N6O. The molecule has 1 atom stereocenters. The number of carbonyl (C=O) groups excluding carboxylic acids is 1. The van der Waals surface area contributed by atoms with Crippen LogP contribution in [0.1, 0.15) is 58.3 Å². The molecule has 3 aliphatic heterocycles. The summed E-state index contributed by atoms with van der Waals surface area (Å²) in [5.41, 5.74) is 0. The highest BCUT2D eigenvalue weighted by Gasteiger charge is 2.29. The summed E-state index contributed by atoms with van der Waals surface area (Å²) in [6, 6.07) is 3.04. The van der Waals surface area contributed by atoms with Crippen LogP contribution >= 0.6 is 0 Å². The minimum atomic E-state index is 0.211. The molecule has 29 heavy (non-hydrogen) atoms. The van der Waals surface area contributed by atoms with Crippen molar-refractivity contribution >= 4 is 17.7 Å². The molecule has 4 heterocycles. The SMILES string of the molecule is CC(=O)N1CCC(N2CCC[C@H](Nc3nccc(N4CCCCCC4)n3)C2)CC1. The maximum atomic E-state index is 11.6. The summed E-state index contributed by atoms with van der Waals surface area (Å²) >= 11 is 0. The number of aromatic nitrogens is 2. The third-order valence-electron chi connectivity index (χ3n) is 6.78. The molecule has 1 aromatic rings. The Morgan fingerprint density at radius 3 is 2.48 bits per heavy atom. The molecule has 7 heteroatoms. The van der Waals surface area contributed by atoms with Gasteiger partial charge in [0.2, 0.25) is 11.9 Å². The summed E-state index contributed by atoms with van der Waals surface area (Å²) in [6.45, 7) is 7.89. The first-order valence-corrected chi connectivity index (χ1v) is 11.5. The minimum absolute atomic E-state index is 0.211. The fourth-order valence-corrected chi connectivity index (χ4v) is 5.08. The Labute approximate surface area is 174 Å². The van der Waals surface area contributed by atoms with E-state index in [1.807, 2.05) is 17.2 Å². The van der Waals surface area contributed by atoms with Crippen molar-refractivity contribution in [2.45, 2.75) is 70.4 Å². The van der Waals surface area contributed by atoms with Gasteiger partial charge in [-0.25, -0.2) is 4.98 Å². The Kier molecular flexibility index (Phi) is 6.85. The minimum Gasteiger partial charge on any atom is -0.356 e. The largest absolute Gasteiger partial charge is 0.356 e. The lowest BCUT2D eigenvalue weighted by Crippen LogP contribution is -2.51. The van der Waals surface area contributed by atoms with Crippen LogP contribution in [0.2, 0.25) is 0 Å². The van der Waals surface area contributed by atoms with Gasteiger partial charge in [-0.05, 0) is 51.1 Å².